The molecule has 0 atom stereocenters. The highest BCUT2D eigenvalue weighted by atomic mass is 16.4. The molecule has 1 aliphatic heterocycles. The molecular weight excluding hydrogens is 226 g/mol. The minimum atomic E-state index is -0.563. The third-order valence-corrected chi connectivity index (χ3v) is 5.00. The van der Waals surface area contributed by atoms with Gasteiger partial charge in [-0.05, 0) is 44.2 Å². The van der Waals surface area contributed by atoms with E-state index >= 15 is 0 Å². The number of carboxylic acids is 1. The first-order valence-electron chi connectivity index (χ1n) is 7.39. The van der Waals surface area contributed by atoms with Gasteiger partial charge in [-0.2, -0.15) is 0 Å². The van der Waals surface area contributed by atoms with E-state index < -0.39 is 11.4 Å². The fourth-order valence-electron chi connectivity index (χ4n) is 3.41. The Labute approximate surface area is 111 Å². The molecular formula is C15H27NO2. The molecule has 0 bridgehead atoms. The number of hydrogen-bond acceptors (Lipinski definition) is 2. The molecule has 0 aromatic heterocycles. The predicted molar refractivity (Wildman–Crippen MR) is 72.6 cm³/mol. The van der Waals surface area contributed by atoms with Crippen LogP contribution in [0.1, 0.15) is 58.8 Å². The molecule has 0 spiro atoms. The summed E-state index contributed by atoms with van der Waals surface area (Å²) in [6.07, 6.45) is 7.54. The quantitative estimate of drug-likeness (QED) is 0.840. The highest BCUT2D eigenvalue weighted by Crippen LogP contribution is 2.39. The maximum absolute atomic E-state index is 11.7. The molecule has 1 heterocycles. The lowest BCUT2D eigenvalue weighted by Gasteiger charge is -2.42. The SMILES string of the molecule is CC1(C)CCN(CC2(C(=O)O)CCCCC2)CC1. The summed E-state index contributed by atoms with van der Waals surface area (Å²) in [6, 6.07) is 0. The number of hydrogen-bond donors (Lipinski definition) is 1. The second-order valence-electron chi connectivity index (χ2n) is 7.09. The van der Waals surface area contributed by atoms with Crippen molar-refractivity contribution < 1.29 is 9.90 Å². The first-order valence-corrected chi connectivity index (χ1v) is 7.39. The van der Waals surface area contributed by atoms with Gasteiger partial charge < -0.3 is 10.0 Å². The van der Waals surface area contributed by atoms with E-state index in [2.05, 4.69) is 18.7 Å². The molecule has 18 heavy (non-hydrogen) atoms. The smallest absolute Gasteiger partial charge is 0.310 e. The number of rotatable bonds is 3. The van der Waals surface area contributed by atoms with E-state index in [-0.39, 0.29) is 0 Å². The summed E-state index contributed by atoms with van der Waals surface area (Å²) >= 11 is 0. The van der Waals surface area contributed by atoms with E-state index in [4.69, 9.17) is 0 Å². The number of likely N-dealkylation sites (tertiary alicyclic amines) is 1. The van der Waals surface area contributed by atoms with Gasteiger partial charge in [-0.3, -0.25) is 4.79 Å². The first-order chi connectivity index (χ1) is 8.44. The third kappa shape index (κ3) is 3.05. The molecule has 0 unspecified atom stereocenters. The molecule has 1 N–H and O–H groups in total. The van der Waals surface area contributed by atoms with Crippen LogP contribution in [0.4, 0.5) is 0 Å². The Morgan fingerprint density at radius 2 is 1.61 bits per heavy atom. The second-order valence-corrected chi connectivity index (χ2v) is 7.09. The van der Waals surface area contributed by atoms with Crippen molar-refractivity contribution >= 4 is 5.97 Å². The summed E-state index contributed by atoms with van der Waals surface area (Å²) < 4.78 is 0. The molecule has 3 nitrogen and oxygen atoms in total. The van der Waals surface area contributed by atoms with Crippen LogP contribution in [0.3, 0.4) is 0 Å². The number of aliphatic carboxylic acids is 1. The van der Waals surface area contributed by atoms with E-state index in [0.717, 1.165) is 45.3 Å². The van der Waals surface area contributed by atoms with E-state index in [9.17, 15) is 9.90 Å². The fourth-order valence-corrected chi connectivity index (χ4v) is 3.41. The Balaban J connectivity index is 1.96. The summed E-state index contributed by atoms with van der Waals surface area (Å²) in [4.78, 5) is 14.0. The van der Waals surface area contributed by atoms with E-state index in [1.165, 1.54) is 19.3 Å². The van der Waals surface area contributed by atoms with Crippen LogP contribution < -0.4 is 0 Å². The summed E-state index contributed by atoms with van der Waals surface area (Å²) in [6.45, 7) is 7.55. The van der Waals surface area contributed by atoms with Crippen molar-refractivity contribution in [3.8, 4) is 0 Å². The predicted octanol–water partition coefficient (Wildman–Crippen LogP) is 3.14. The van der Waals surface area contributed by atoms with Gasteiger partial charge >= 0.3 is 5.97 Å². The van der Waals surface area contributed by atoms with Gasteiger partial charge in [0.05, 0.1) is 5.41 Å². The molecule has 2 aliphatic rings. The Morgan fingerprint density at radius 3 is 2.11 bits per heavy atom. The average Bonchev–Trinajstić information content (AvgIpc) is 2.33. The van der Waals surface area contributed by atoms with Crippen molar-refractivity contribution in [1.82, 2.24) is 4.90 Å². The molecule has 1 aliphatic carbocycles. The van der Waals surface area contributed by atoms with Crippen molar-refractivity contribution in [3.05, 3.63) is 0 Å². The van der Waals surface area contributed by atoms with Gasteiger partial charge in [-0.1, -0.05) is 33.1 Å². The van der Waals surface area contributed by atoms with E-state index in [0.29, 0.717) is 5.41 Å². The average molecular weight is 253 g/mol. The highest BCUT2D eigenvalue weighted by Gasteiger charge is 2.41. The van der Waals surface area contributed by atoms with Crippen LogP contribution in [-0.2, 0) is 4.79 Å². The highest BCUT2D eigenvalue weighted by molar-refractivity contribution is 5.75. The minimum Gasteiger partial charge on any atom is -0.481 e. The molecule has 0 aromatic carbocycles. The summed E-state index contributed by atoms with van der Waals surface area (Å²) in [7, 11) is 0. The minimum absolute atomic E-state index is 0.444. The molecule has 3 heteroatoms. The number of carbonyl (C=O) groups is 1. The first kappa shape index (κ1) is 13.9. The van der Waals surface area contributed by atoms with Gasteiger partial charge in [0.2, 0.25) is 0 Å². The maximum Gasteiger partial charge on any atom is 0.310 e. The largest absolute Gasteiger partial charge is 0.481 e. The van der Waals surface area contributed by atoms with E-state index in [1.54, 1.807) is 0 Å². The van der Waals surface area contributed by atoms with Crippen molar-refractivity contribution in [3.63, 3.8) is 0 Å². The van der Waals surface area contributed by atoms with Gasteiger partial charge in [0.1, 0.15) is 0 Å². The topological polar surface area (TPSA) is 40.5 Å². The van der Waals surface area contributed by atoms with Crippen molar-refractivity contribution in [1.29, 1.82) is 0 Å². The summed E-state index contributed by atoms with van der Waals surface area (Å²) in [5, 5.41) is 9.60. The Morgan fingerprint density at radius 1 is 1.06 bits per heavy atom. The van der Waals surface area contributed by atoms with Crippen LogP contribution in [0, 0.1) is 10.8 Å². The molecule has 104 valence electrons. The fraction of sp³-hybridized carbons (Fsp3) is 0.933. The zero-order chi connectivity index (χ0) is 13.2. The molecule has 2 fully saturated rings. The summed E-state index contributed by atoms with van der Waals surface area (Å²) in [5.74, 6) is -0.563. The maximum atomic E-state index is 11.7. The zero-order valence-corrected chi connectivity index (χ0v) is 11.9. The Hall–Kier alpha value is -0.570. The standard InChI is InChI=1S/C15H27NO2/c1-14(2)8-10-16(11-9-14)12-15(13(17)18)6-4-3-5-7-15/h3-12H2,1-2H3,(H,17,18). The number of piperidine rings is 1. The monoisotopic (exact) mass is 253 g/mol. The molecule has 0 amide bonds. The second kappa shape index (κ2) is 5.20. The van der Waals surface area contributed by atoms with Crippen LogP contribution in [0.25, 0.3) is 0 Å². The molecule has 0 aromatic rings. The van der Waals surface area contributed by atoms with Crippen LogP contribution in [0.2, 0.25) is 0 Å². The lowest BCUT2D eigenvalue weighted by Crippen LogP contribution is -2.48. The Kier molecular flexibility index (Phi) is 4.00. The zero-order valence-electron chi connectivity index (χ0n) is 11.9. The molecule has 2 rings (SSSR count). The van der Waals surface area contributed by atoms with Crippen molar-refractivity contribution in [2.75, 3.05) is 19.6 Å². The van der Waals surface area contributed by atoms with Gasteiger partial charge in [-0.15, -0.1) is 0 Å². The third-order valence-electron chi connectivity index (χ3n) is 5.00. The molecule has 1 saturated heterocycles. The number of nitrogens with zero attached hydrogens (tertiary/aromatic N) is 1. The number of carboxylic acid groups (broad SMARTS) is 1. The van der Waals surface area contributed by atoms with E-state index in [1.807, 2.05) is 0 Å². The van der Waals surface area contributed by atoms with Gasteiger partial charge in [0.15, 0.2) is 0 Å². The lowest BCUT2D eigenvalue weighted by molar-refractivity contribution is -0.153. The Bertz CT molecular complexity index is 296. The van der Waals surface area contributed by atoms with Crippen molar-refractivity contribution in [2.45, 2.75) is 58.8 Å². The van der Waals surface area contributed by atoms with Crippen LogP contribution in [0.15, 0.2) is 0 Å². The van der Waals surface area contributed by atoms with Crippen LogP contribution in [-0.4, -0.2) is 35.6 Å². The van der Waals surface area contributed by atoms with Crippen LogP contribution in [0.5, 0.6) is 0 Å². The van der Waals surface area contributed by atoms with Gasteiger partial charge in [0, 0.05) is 6.54 Å². The van der Waals surface area contributed by atoms with Gasteiger partial charge in [0.25, 0.3) is 0 Å². The normalized spacial score (nSPS) is 27.9. The van der Waals surface area contributed by atoms with Gasteiger partial charge in [-0.25, -0.2) is 0 Å². The lowest BCUT2D eigenvalue weighted by atomic mass is 9.73. The summed E-state index contributed by atoms with van der Waals surface area (Å²) in [5.41, 5.74) is -0.000809. The van der Waals surface area contributed by atoms with Crippen molar-refractivity contribution in [2.24, 2.45) is 10.8 Å². The van der Waals surface area contributed by atoms with Crippen LogP contribution >= 0.6 is 0 Å². The molecule has 0 radical (unpaired) electrons. The molecule has 1 saturated carbocycles.